The lowest BCUT2D eigenvalue weighted by atomic mass is 9.57. The molecule has 2 aromatic heterocycles. The third-order valence-electron chi connectivity index (χ3n) is 8.63. The maximum Gasteiger partial charge on any atom is 0.320 e. The average Bonchev–Trinajstić information content (AvgIpc) is 3.33. The highest BCUT2D eigenvalue weighted by Gasteiger charge is 2.56. The van der Waals surface area contributed by atoms with Crippen molar-refractivity contribution in [2.45, 2.75) is 70.8 Å². The Morgan fingerprint density at radius 1 is 0.973 bits per heavy atom. The fourth-order valence-electron chi connectivity index (χ4n) is 6.37. The summed E-state index contributed by atoms with van der Waals surface area (Å²) in [7, 11) is 0. The number of carbonyl (C=O) groups excluding carboxylic acids is 1. The van der Waals surface area contributed by atoms with E-state index in [4.69, 9.17) is 0 Å². The fraction of sp³-hybridized carbons (Fsp3) is 0.607. The van der Waals surface area contributed by atoms with Crippen LogP contribution in [0.3, 0.4) is 0 Å². The zero-order valence-corrected chi connectivity index (χ0v) is 22.0. The minimum absolute atomic E-state index is 0.136. The zero-order chi connectivity index (χ0) is 25.4. The second kappa shape index (κ2) is 8.13. The van der Waals surface area contributed by atoms with Gasteiger partial charge in [0.15, 0.2) is 0 Å². The quantitative estimate of drug-likeness (QED) is 0.561. The molecule has 4 aliphatic rings. The molecule has 3 aromatic rings. The normalized spacial score (nSPS) is 21.6. The topological polar surface area (TPSA) is 95.8 Å². The SMILES string of the molecule is CC(C)(C)Cn1nncc1-c1ccc(C2CN(C(=O)N3CC4(CC(c5nnc(C6CC6)[nH]5)C4)C3)C2)cc1. The van der Waals surface area contributed by atoms with Crippen LogP contribution in [0.5, 0.6) is 0 Å². The Bertz CT molecular complexity index is 1290. The van der Waals surface area contributed by atoms with Crippen LogP contribution in [0.15, 0.2) is 30.5 Å². The molecule has 2 amide bonds. The first-order valence-electron chi connectivity index (χ1n) is 13.7. The highest BCUT2D eigenvalue weighted by Crippen LogP contribution is 2.56. The molecular formula is C28H36N8O. The molecule has 4 fully saturated rings. The van der Waals surface area contributed by atoms with Crippen LogP contribution in [0.4, 0.5) is 4.79 Å². The summed E-state index contributed by atoms with van der Waals surface area (Å²) in [6.07, 6.45) is 6.56. The molecule has 9 heteroatoms. The molecule has 2 saturated carbocycles. The van der Waals surface area contributed by atoms with E-state index < -0.39 is 0 Å². The third-order valence-corrected chi connectivity index (χ3v) is 8.63. The minimum atomic E-state index is 0.136. The van der Waals surface area contributed by atoms with Gasteiger partial charge in [0.25, 0.3) is 0 Å². The van der Waals surface area contributed by atoms with E-state index in [2.05, 4.69) is 70.5 Å². The van der Waals surface area contributed by atoms with Gasteiger partial charge in [0.2, 0.25) is 0 Å². The van der Waals surface area contributed by atoms with Crippen molar-refractivity contribution in [3.05, 3.63) is 47.7 Å². The fourth-order valence-corrected chi connectivity index (χ4v) is 6.37. The highest BCUT2D eigenvalue weighted by molar-refractivity contribution is 5.77. The molecule has 0 unspecified atom stereocenters. The van der Waals surface area contributed by atoms with Crippen LogP contribution < -0.4 is 0 Å². The lowest BCUT2D eigenvalue weighted by Gasteiger charge is -2.59. The van der Waals surface area contributed by atoms with Gasteiger partial charge >= 0.3 is 6.03 Å². The lowest BCUT2D eigenvalue weighted by Crippen LogP contribution is -2.67. The standard InChI is InChI=1S/C28H36N8O/c1-27(2,3)15-36-23(12-29-33-36)19-6-4-18(5-7-19)22-13-34(14-22)26(37)35-16-28(17-35)10-21(11-28)25-30-24(31-32-25)20-8-9-20/h4-7,12,20-22H,8-11,13-17H2,1-3H3,(H,30,31,32). The summed E-state index contributed by atoms with van der Waals surface area (Å²) >= 11 is 0. The number of aromatic nitrogens is 6. The van der Waals surface area contributed by atoms with Gasteiger partial charge in [-0.25, -0.2) is 9.48 Å². The van der Waals surface area contributed by atoms with Crippen LogP contribution in [0.1, 0.15) is 81.4 Å². The van der Waals surface area contributed by atoms with Crippen molar-refractivity contribution in [2.75, 3.05) is 26.2 Å². The number of rotatable bonds is 5. The number of amides is 2. The summed E-state index contributed by atoms with van der Waals surface area (Å²) in [6.45, 7) is 10.8. The van der Waals surface area contributed by atoms with Gasteiger partial charge < -0.3 is 14.8 Å². The van der Waals surface area contributed by atoms with E-state index in [1.54, 1.807) is 0 Å². The molecule has 0 atom stereocenters. The number of aromatic amines is 1. The molecular weight excluding hydrogens is 464 g/mol. The van der Waals surface area contributed by atoms with E-state index in [0.29, 0.717) is 23.2 Å². The number of hydrogen-bond donors (Lipinski definition) is 1. The molecule has 4 heterocycles. The van der Waals surface area contributed by atoms with Gasteiger partial charge in [-0.05, 0) is 36.7 Å². The Morgan fingerprint density at radius 2 is 1.65 bits per heavy atom. The summed E-state index contributed by atoms with van der Waals surface area (Å²) < 4.78 is 1.99. The smallest absolute Gasteiger partial charge is 0.320 e. The maximum absolute atomic E-state index is 13.0. The summed E-state index contributed by atoms with van der Waals surface area (Å²) in [5.74, 6) is 3.64. The van der Waals surface area contributed by atoms with Crippen molar-refractivity contribution in [1.82, 2.24) is 40.0 Å². The molecule has 7 rings (SSSR count). The van der Waals surface area contributed by atoms with E-state index in [1.165, 1.54) is 18.4 Å². The molecule has 9 nitrogen and oxygen atoms in total. The van der Waals surface area contributed by atoms with Crippen molar-refractivity contribution < 1.29 is 4.79 Å². The van der Waals surface area contributed by atoms with E-state index >= 15 is 0 Å². The van der Waals surface area contributed by atoms with Gasteiger partial charge in [-0.2, -0.15) is 0 Å². The van der Waals surface area contributed by atoms with Crippen LogP contribution in [0.25, 0.3) is 11.3 Å². The number of carbonyl (C=O) groups is 1. The van der Waals surface area contributed by atoms with Crippen LogP contribution in [0.2, 0.25) is 0 Å². The monoisotopic (exact) mass is 500 g/mol. The minimum Gasteiger partial charge on any atom is -0.328 e. The van der Waals surface area contributed by atoms with Gasteiger partial charge in [0, 0.05) is 61.5 Å². The maximum atomic E-state index is 13.0. The van der Waals surface area contributed by atoms with Crippen LogP contribution in [-0.4, -0.2) is 72.2 Å². The van der Waals surface area contributed by atoms with Crippen LogP contribution in [-0.2, 0) is 6.54 Å². The summed E-state index contributed by atoms with van der Waals surface area (Å²) in [5.41, 5.74) is 3.91. The first-order valence-corrected chi connectivity index (χ1v) is 13.7. The summed E-state index contributed by atoms with van der Waals surface area (Å²) in [6, 6.07) is 8.91. The predicted molar refractivity (Wildman–Crippen MR) is 139 cm³/mol. The van der Waals surface area contributed by atoms with E-state index in [1.807, 2.05) is 20.7 Å². The van der Waals surface area contributed by atoms with Gasteiger partial charge in [-0.3, -0.25) is 0 Å². The molecule has 1 aromatic carbocycles. The van der Waals surface area contributed by atoms with E-state index in [-0.39, 0.29) is 11.4 Å². The van der Waals surface area contributed by atoms with Gasteiger partial charge in [0.05, 0.1) is 11.9 Å². The highest BCUT2D eigenvalue weighted by atomic mass is 16.2. The molecule has 2 saturated heterocycles. The number of hydrogen-bond acceptors (Lipinski definition) is 5. The molecule has 2 aliphatic heterocycles. The average molecular weight is 501 g/mol. The largest absolute Gasteiger partial charge is 0.328 e. The van der Waals surface area contributed by atoms with Crippen molar-refractivity contribution >= 4 is 6.03 Å². The molecule has 0 radical (unpaired) electrons. The Kier molecular flexibility index (Phi) is 5.04. The first kappa shape index (κ1) is 22.9. The zero-order valence-electron chi connectivity index (χ0n) is 22.0. The number of nitrogens with one attached hydrogen (secondary N) is 1. The first-order chi connectivity index (χ1) is 17.8. The van der Waals surface area contributed by atoms with Crippen LogP contribution >= 0.6 is 0 Å². The van der Waals surface area contributed by atoms with Gasteiger partial charge in [-0.15, -0.1) is 15.3 Å². The molecule has 0 bridgehead atoms. The second-order valence-electron chi connectivity index (χ2n) is 13.2. The number of urea groups is 1. The molecule has 1 spiro atoms. The Morgan fingerprint density at radius 3 is 2.30 bits per heavy atom. The van der Waals surface area contributed by atoms with Crippen molar-refractivity contribution in [2.24, 2.45) is 10.8 Å². The summed E-state index contributed by atoms with van der Waals surface area (Å²) in [4.78, 5) is 20.5. The molecule has 194 valence electrons. The van der Waals surface area contributed by atoms with Crippen LogP contribution in [0, 0.1) is 10.8 Å². The predicted octanol–water partition coefficient (Wildman–Crippen LogP) is 4.39. The molecule has 1 N–H and O–H groups in total. The Hall–Kier alpha value is -3.23. The number of likely N-dealkylation sites (tertiary alicyclic amines) is 2. The second-order valence-corrected chi connectivity index (χ2v) is 13.2. The number of H-pyrrole nitrogens is 1. The molecule has 37 heavy (non-hydrogen) atoms. The third kappa shape index (κ3) is 4.22. The van der Waals surface area contributed by atoms with Crippen molar-refractivity contribution in [3.8, 4) is 11.3 Å². The lowest BCUT2D eigenvalue weighted by molar-refractivity contribution is -0.0601. The van der Waals surface area contributed by atoms with Crippen molar-refractivity contribution in [3.63, 3.8) is 0 Å². The van der Waals surface area contributed by atoms with Gasteiger partial charge in [0.1, 0.15) is 11.6 Å². The van der Waals surface area contributed by atoms with Gasteiger partial charge in [-0.1, -0.05) is 50.3 Å². The van der Waals surface area contributed by atoms with E-state index in [0.717, 1.165) is 68.5 Å². The summed E-state index contributed by atoms with van der Waals surface area (Å²) in [5, 5.41) is 17.2. The number of benzene rings is 1. The van der Waals surface area contributed by atoms with Crippen molar-refractivity contribution in [1.29, 1.82) is 0 Å². The number of nitrogens with zero attached hydrogens (tertiary/aromatic N) is 7. The van der Waals surface area contributed by atoms with E-state index in [9.17, 15) is 4.79 Å². The Labute approximate surface area is 217 Å². The Balaban J connectivity index is 0.893. The molecule has 2 aliphatic carbocycles.